The molecule has 4 nitrogen and oxygen atoms in total. The quantitative estimate of drug-likeness (QED) is 0.862. The molecule has 0 radical (unpaired) electrons. The molecule has 0 bridgehead atoms. The summed E-state index contributed by atoms with van der Waals surface area (Å²) >= 11 is 0. The van der Waals surface area contributed by atoms with Gasteiger partial charge in [0.05, 0.1) is 7.11 Å². The minimum Gasteiger partial charge on any atom is -0.497 e. The smallest absolute Gasteiger partial charge is 0.153 e. The van der Waals surface area contributed by atoms with Gasteiger partial charge < -0.3 is 10.5 Å². The van der Waals surface area contributed by atoms with Crippen LogP contribution >= 0.6 is 0 Å². The van der Waals surface area contributed by atoms with Gasteiger partial charge in [0.25, 0.3) is 0 Å². The highest BCUT2D eigenvalue weighted by Gasteiger charge is 2.19. The van der Waals surface area contributed by atoms with Crippen molar-refractivity contribution in [2.45, 2.75) is 32.6 Å². The first-order valence-electron chi connectivity index (χ1n) is 6.69. The molecule has 2 aromatic rings. The number of anilines is 1. The van der Waals surface area contributed by atoms with Crippen LogP contribution in [0.3, 0.4) is 0 Å². The Hall–Kier alpha value is -1.97. The number of benzene rings is 1. The highest BCUT2D eigenvalue weighted by molar-refractivity contribution is 5.77. The Morgan fingerprint density at radius 1 is 1.32 bits per heavy atom. The molecule has 3 N–H and O–H groups in total. The number of nitrogens with two attached hydrogens (primary N) is 1. The number of hydrogen-bond donors (Lipinski definition) is 2. The maximum absolute atomic E-state index is 6.03. The van der Waals surface area contributed by atoms with Crippen LogP contribution in [0.1, 0.15) is 38.3 Å². The molecule has 0 atom stereocenters. The topological polar surface area (TPSA) is 63.9 Å². The fraction of sp³-hybridized carbons (Fsp3) is 0.400. The largest absolute Gasteiger partial charge is 0.497 e. The zero-order valence-corrected chi connectivity index (χ0v) is 11.7. The van der Waals surface area contributed by atoms with Gasteiger partial charge in [-0.15, -0.1) is 0 Å². The molecular formula is C15H21N3O. The molecular weight excluding hydrogens is 238 g/mol. The first-order chi connectivity index (χ1) is 9.21. The summed E-state index contributed by atoms with van der Waals surface area (Å²) in [5, 5.41) is 7.27. The van der Waals surface area contributed by atoms with Crippen molar-refractivity contribution in [3.63, 3.8) is 0 Å². The maximum atomic E-state index is 6.03. The zero-order chi connectivity index (χ0) is 13.8. The van der Waals surface area contributed by atoms with Gasteiger partial charge in [0.1, 0.15) is 5.75 Å². The minimum atomic E-state index is 0.450. The van der Waals surface area contributed by atoms with Crippen molar-refractivity contribution in [3.8, 4) is 16.9 Å². The molecule has 0 saturated heterocycles. The van der Waals surface area contributed by atoms with Gasteiger partial charge in [-0.05, 0) is 30.5 Å². The van der Waals surface area contributed by atoms with Crippen LogP contribution in [0.5, 0.6) is 5.75 Å². The van der Waals surface area contributed by atoms with Gasteiger partial charge >= 0.3 is 0 Å². The second-order valence-corrected chi connectivity index (χ2v) is 4.64. The van der Waals surface area contributed by atoms with Crippen molar-refractivity contribution >= 4 is 5.82 Å². The minimum absolute atomic E-state index is 0.450. The van der Waals surface area contributed by atoms with E-state index >= 15 is 0 Å². The Labute approximate surface area is 114 Å². The number of hydrogen-bond acceptors (Lipinski definition) is 3. The van der Waals surface area contributed by atoms with Crippen LogP contribution in [0, 0.1) is 0 Å². The number of aromatic nitrogens is 2. The number of nitrogens with one attached hydrogen (secondary N) is 1. The van der Waals surface area contributed by atoms with Crippen molar-refractivity contribution < 1.29 is 4.74 Å². The molecule has 0 amide bonds. The Bertz CT molecular complexity index is 544. The molecule has 0 aliphatic carbocycles. The van der Waals surface area contributed by atoms with E-state index in [0.717, 1.165) is 35.4 Å². The lowest BCUT2D eigenvalue weighted by atomic mass is 9.93. The van der Waals surface area contributed by atoms with Gasteiger partial charge in [-0.3, -0.25) is 5.10 Å². The molecule has 0 saturated carbocycles. The highest BCUT2D eigenvalue weighted by Crippen LogP contribution is 2.36. The third-order valence-electron chi connectivity index (χ3n) is 3.57. The van der Waals surface area contributed by atoms with Crippen molar-refractivity contribution in [1.82, 2.24) is 10.2 Å². The lowest BCUT2D eigenvalue weighted by Gasteiger charge is -2.13. The number of rotatable bonds is 5. The van der Waals surface area contributed by atoms with Gasteiger partial charge in [0.2, 0.25) is 0 Å². The molecule has 1 heterocycles. The van der Waals surface area contributed by atoms with Gasteiger partial charge in [-0.1, -0.05) is 26.0 Å². The normalized spacial score (nSPS) is 10.9. The standard InChI is InChI=1S/C15H21N3O/c1-4-10(5-2)14-13(15(16)18-17-14)11-7-6-8-12(9-11)19-3/h6-10H,4-5H2,1-3H3,(H3,16,17,18). The summed E-state index contributed by atoms with van der Waals surface area (Å²) in [6.45, 7) is 4.36. The molecule has 0 aliphatic rings. The number of aromatic amines is 1. The van der Waals surface area contributed by atoms with Crippen LogP contribution < -0.4 is 10.5 Å². The SMILES string of the molecule is CCC(CC)c1[nH]nc(N)c1-c1cccc(OC)c1. The maximum Gasteiger partial charge on any atom is 0.153 e. The Balaban J connectivity index is 2.51. The second kappa shape index (κ2) is 5.78. The van der Waals surface area contributed by atoms with Crippen molar-refractivity contribution in [1.29, 1.82) is 0 Å². The van der Waals surface area contributed by atoms with Crippen LogP contribution in [-0.4, -0.2) is 17.3 Å². The number of ether oxygens (including phenoxy) is 1. The summed E-state index contributed by atoms with van der Waals surface area (Å²) in [5.74, 6) is 1.83. The lowest BCUT2D eigenvalue weighted by molar-refractivity contribution is 0.415. The highest BCUT2D eigenvalue weighted by atomic mass is 16.5. The van der Waals surface area contributed by atoms with E-state index in [4.69, 9.17) is 10.5 Å². The molecule has 0 unspecified atom stereocenters. The molecule has 19 heavy (non-hydrogen) atoms. The summed E-state index contributed by atoms with van der Waals surface area (Å²) in [6, 6.07) is 7.93. The molecule has 2 rings (SSSR count). The third kappa shape index (κ3) is 2.57. The molecule has 4 heteroatoms. The fourth-order valence-corrected chi connectivity index (χ4v) is 2.44. The van der Waals surface area contributed by atoms with Crippen LogP contribution in [0.15, 0.2) is 24.3 Å². The van der Waals surface area contributed by atoms with Crippen LogP contribution in [0.4, 0.5) is 5.82 Å². The van der Waals surface area contributed by atoms with E-state index in [1.165, 1.54) is 0 Å². The average molecular weight is 259 g/mol. The second-order valence-electron chi connectivity index (χ2n) is 4.64. The molecule has 1 aromatic heterocycles. The van der Waals surface area contributed by atoms with E-state index in [1.54, 1.807) is 7.11 Å². The summed E-state index contributed by atoms with van der Waals surface area (Å²) in [6.07, 6.45) is 2.13. The van der Waals surface area contributed by atoms with Crippen LogP contribution in [-0.2, 0) is 0 Å². The van der Waals surface area contributed by atoms with E-state index in [2.05, 4.69) is 24.0 Å². The summed E-state index contributed by atoms with van der Waals surface area (Å²) in [7, 11) is 1.67. The Kier molecular flexibility index (Phi) is 4.10. The molecule has 0 fully saturated rings. The van der Waals surface area contributed by atoms with Crippen LogP contribution in [0.2, 0.25) is 0 Å². The van der Waals surface area contributed by atoms with Gasteiger partial charge in [-0.25, -0.2) is 0 Å². The number of nitrogens with zero attached hydrogens (tertiary/aromatic N) is 1. The number of methoxy groups -OCH3 is 1. The predicted molar refractivity (Wildman–Crippen MR) is 78.3 cm³/mol. The van der Waals surface area contributed by atoms with Gasteiger partial charge in [-0.2, -0.15) is 5.10 Å². The van der Waals surface area contributed by atoms with Crippen molar-refractivity contribution in [2.24, 2.45) is 0 Å². The third-order valence-corrected chi connectivity index (χ3v) is 3.57. The zero-order valence-electron chi connectivity index (χ0n) is 11.7. The van der Waals surface area contributed by atoms with E-state index in [-0.39, 0.29) is 0 Å². The Morgan fingerprint density at radius 3 is 2.68 bits per heavy atom. The van der Waals surface area contributed by atoms with Gasteiger partial charge in [0, 0.05) is 17.2 Å². The molecule has 102 valence electrons. The van der Waals surface area contributed by atoms with E-state index in [1.807, 2.05) is 24.3 Å². The fourth-order valence-electron chi connectivity index (χ4n) is 2.44. The molecule has 0 aliphatic heterocycles. The summed E-state index contributed by atoms with van der Waals surface area (Å²) in [4.78, 5) is 0. The first-order valence-corrected chi connectivity index (χ1v) is 6.69. The molecule has 1 aromatic carbocycles. The first kappa shape index (κ1) is 13.5. The van der Waals surface area contributed by atoms with Gasteiger partial charge in [0.15, 0.2) is 5.82 Å². The summed E-state index contributed by atoms with van der Waals surface area (Å²) < 4.78 is 5.27. The van der Waals surface area contributed by atoms with E-state index in [0.29, 0.717) is 11.7 Å². The summed E-state index contributed by atoms with van der Waals surface area (Å²) in [5.41, 5.74) is 9.21. The average Bonchev–Trinajstić information content (AvgIpc) is 2.82. The number of H-pyrrole nitrogens is 1. The molecule has 0 spiro atoms. The number of nitrogen functional groups attached to an aromatic ring is 1. The van der Waals surface area contributed by atoms with E-state index < -0.39 is 0 Å². The van der Waals surface area contributed by atoms with Crippen molar-refractivity contribution in [3.05, 3.63) is 30.0 Å². The Morgan fingerprint density at radius 2 is 2.05 bits per heavy atom. The van der Waals surface area contributed by atoms with Crippen molar-refractivity contribution in [2.75, 3.05) is 12.8 Å². The predicted octanol–water partition coefficient (Wildman–Crippen LogP) is 3.57. The van der Waals surface area contributed by atoms with E-state index in [9.17, 15) is 0 Å². The monoisotopic (exact) mass is 259 g/mol. The lowest BCUT2D eigenvalue weighted by Crippen LogP contribution is -1.99. The van der Waals surface area contributed by atoms with Crippen LogP contribution in [0.25, 0.3) is 11.1 Å².